The predicted molar refractivity (Wildman–Crippen MR) is 82.5 cm³/mol. The van der Waals surface area contributed by atoms with E-state index in [9.17, 15) is 19.2 Å². The lowest BCUT2D eigenvalue weighted by molar-refractivity contribution is -0.145. The molecule has 0 aliphatic carbocycles. The number of imide groups is 1. The molecule has 2 heterocycles. The molecular formula is C16H16N2O7. The lowest BCUT2D eigenvalue weighted by Crippen LogP contribution is -2.37. The zero-order chi connectivity index (χ0) is 18.0. The summed E-state index contributed by atoms with van der Waals surface area (Å²) in [7, 11) is 1.46. The number of carbonyl (C=O) groups is 4. The van der Waals surface area contributed by atoms with Gasteiger partial charge in [-0.25, -0.2) is 4.79 Å². The van der Waals surface area contributed by atoms with Crippen LogP contribution in [0.15, 0.2) is 18.2 Å². The molecule has 0 bridgehead atoms. The highest BCUT2D eigenvalue weighted by molar-refractivity contribution is 6.04. The van der Waals surface area contributed by atoms with E-state index in [0.29, 0.717) is 30.3 Å². The molecule has 3 amide bonds. The van der Waals surface area contributed by atoms with Crippen LogP contribution in [0.2, 0.25) is 0 Å². The van der Waals surface area contributed by atoms with Gasteiger partial charge in [-0.1, -0.05) is 0 Å². The first kappa shape index (κ1) is 16.7. The average Bonchev–Trinajstić information content (AvgIpc) is 2.85. The minimum absolute atomic E-state index is 0.0811. The number of amides is 3. The molecule has 0 saturated carbocycles. The fourth-order valence-electron chi connectivity index (χ4n) is 2.45. The van der Waals surface area contributed by atoms with E-state index in [0.717, 1.165) is 4.90 Å². The Morgan fingerprint density at radius 1 is 1.16 bits per heavy atom. The predicted octanol–water partition coefficient (Wildman–Crippen LogP) is 0.0777. The highest BCUT2D eigenvalue weighted by Gasteiger charge is 2.35. The van der Waals surface area contributed by atoms with Crippen molar-refractivity contribution in [1.82, 2.24) is 9.80 Å². The number of benzene rings is 1. The number of rotatable bonds is 5. The van der Waals surface area contributed by atoms with E-state index >= 15 is 0 Å². The molecule has 0 N–H and O–H groups in total. The Balaban J connectivity index is 1.54. The van der Waals surface area contributed by atoms with Crippen molar-refractivity contribution >= 4 is 23.7 Å². The van der Waals surface area contributed by atoms with Gasteiger partial charge >= 0.3 is 12.0 Å². The molecule has 0 atom stereocenters. The Labute approximate surface area is 143 Å². The molecule has 1 fully saturated rings. The van der Waals surface area contributed by atoms with Gasteiger partial charge in [-0.15, -0.1) is 0 Å². The minimum Gasteiger partial charge on any atom is -0.486 e. The van der Waals surface area contributed by atoms with Crippen molar-refractivity contribution in [2.75, 3.05) is 40.0 Å². The summed E-state index contributed by atoms with van der Waals surface area (Å²) in [5.74, 6) is -0.735. The van der Waals surface area contributed by atoms with Gasteiger partial charge < -0.3 is 19.1 Å². The number of carbonyl (C=O) groups excluding carboxylic acids is 4. The Morgan fingerprint density at radius 2 is 1.88 bits per heavy atom. The smallest absolute Gasteiger partial charge is 0.327 e. The Morgan fingerprint density at radius 3 is 2.56 bits per heavy atom. The number of ether oxygens (including phenoxy) is 3. The molecule has 1 aromatic rings. The monoisotopic (exact) mass is 348 g/mol. The van der Waals surface area contributed by atoms with Gasteiger partial charge in [0, 0.05) is 12.6 Å². The highest BCUT2D eigenvalue weighted by atomic mass is 16.6. The summed E-state index contributed by atoms with van der Waals surface area (Å²) in [5.41, 5.74) is 0.310. The topological polar surface area (TPSA) is 102 Å². The number of nitrogens with zero attached hydrogens (tertiary/aromatic N) is 2. The maximum absolute atomic E-state index is 12.1. The van der Waals surface area contributed by atoms with Gasteiger partial charge in [0.25, 0.3) is 5.91 Å². The van der Waals surface area contributed by atoms with Crippen LogP contribution in [0.4, 0.5) is 4.79 Å². The van der Waals surface area contributed by atoms with Crippen LogP contribution >= 0.6 is 0 Å². The molecule has 25 heavy (non-hydrogen) atoms. The van der Waals surface area contributed by atoms with Gasteiger partial charge in [-0.05, 0) is 18.2 Å². The van der Waals surface area contributed by atoms with Crippen LogP contribution in [-0.2, 0) is 14.3 Å². The van der Waals surface area contributed by atoms with Crippen molar-refractivity contribution in [3.8, 4) is 11.5 Å². The first-order valence-electron chi connectivity index (χ1n) is 7.59. The number of fused-ring (bicyclic) bond motifs is 1. The van der Waals surface area contributed by atoms with Gasteiger partial charge in [-0.2, -0.15) is 0 Å². The van der Waals surface area contributed by atoms with Crippen molar-refractivity contribution < 1.29 is 33.4 Å². The van der Waals surface area contributed by atoms with Crippen molar-refractivity contribution in [2.45, 2.75) is 0 Å². The lowest BCUT2D eigenvalue weighted by atomic mass is 10.1. The number of hydrogen-bond donors (Lipinski definition) is 0. The van der Waals surface area contributed by atoms with E-state index in [1.165, 1.54) is 18.0 Å². The second kappa shape index (κ2) is 6.80. The van der Waals surface area contributed by atoms with Gasteiger partial charge in [0.2, 0.25) is 0 Å². The summed E-state index contributed by atoms with van der Waals surface area (Å²) >= 11 is 0. The molecule has 2 aliphatic heterocycles. The van der Waals surface area contributed by atoms with E-state index < -0.39 is 36.8 Å². The number of urea groups is 1. The largest absolute Gasteiger partial charge is 0.486 e. The third kappa shape index (κ3) is 3.54. The summed E-state index contributed by atoms with van der Waals surface area (Å²) < 4.78 is 15.6. The van der Waals surface area contributed by atoms with Crippen LogP contribution in [-0.4, -0.2) is 73.4 Å². The molecule has 0 unspecified atom stereocenters. The molecule has 9 heteroatoms. The molecule has 0 radical (unpaired) electrons. The number of ketones is 1. The normalized spacial score (nSPS) is 16.2. The van der Waals surface area contributed by atoms with Crippen LogP contribution in [0.25, 0.3) is 0 Å². The second-order valence-electron chi connectivity index (χ2n) is 5.56. The molecule has 2 aliphatic rings. The fourth-order valence-corrected chi connectivity index (χ4v) is 2.45. The first-order valence-corrected chi connectivity index (χ1v) is 7.59. The average molecular weight is 348 g/mol. The zero-order valence-corrected chi connectivity index (χ0v) is 13.5. The van der Waals surface area contributed by atoms with Gasteiger partial charge in [0.15, 0.2) is 23.9 Å². The third-order valence-corrected chi connectivity index (χ3v) is 3.75. The number of likely N-dealkylation sites (N-methyl/N-ethyl adjacent to an activating group) is 1. The summed E-state index contributed by atoms with van der Waals surface area (Å²) in [6, 6.07) is 4.11. The Kier molecular flexibility index (Phi) is 4.55. The maximum Gasteiger partial charge on any atom is 0.327 e. The van der Waals surface area contributed by atoms with Crippen LogP contribution in [0.3, 0.4) is 0 Å². The summed E-state index contributed by atoms with van der Waals surface area (Å²) in [5, 5.41) is 0. The molecule has 9 nitrogen and oxygen atoms in total. The van der Waals surface area contributed by atoms with Crippen molar-refractivity contribution in [1.29, 1.82) is 0 Å². The van der Waals surface area contributed by atoms with E-state index in [1.807, 2.05) is 0 Å². The third-order valence-electron chi connectivity index (χ3n) is 3.75. The molecule has 132 valence electrons. The molecule has 0 spiro atoms. The van der Waals surface area contributed by atoms with E-state index in [2.05, 4.69) is 0 Å². The SMILES string of the molecule is CN1CC(=O)N(CC(=O)OCC(=O)c2ccc3c(c2)OCCO3)C1=O. The fraction of sp³-hybridized carbons (Fsp3) is 0.375. The minimum atomic E-state index is -0.831. The van der Waals surface area contributed by atoms with Crippen LogP contribution in [0.5, 0.6) is 11.5 Å². The van der Waals surface area contributed by atoms with E-state index in [1.54, 1.807) is 12.1 Å². The summed E-state index contributed by atoms with van der Waals surface area (Å²) in [4.78, 5) is 49.2. The molecule has 3 rings (SSSR count). The lowest BCUT2D eigenvalue weighted by Gasteiger charge is -2.18. The van der Waals surface area contributed by atoms with Crippen molar-refractivity contribution in [2.24, 2.45) is 0 Å². The molecule has 1 saturated heterocycles. The van der Waals surface area contributed by atoms with Crippen LogP contribution < -0.4 is 9.47 Å². The molecular weight excluding hydrogens is 332 g/mol. The number of hydrogen-bond acceptors (Lipinski definition) is 7. The van der Waals surface area contributed by atoms with Crippen LogP contribution in [0, 0.1) is 0 Å². The second-order valence-corrected chi connectivity index (χ2v) is 5.56. The number of esters is 1. The standard InChI is InChI=1S/C16H16N2O7/c1-17-7-14(20)18(16(17)22)8-15(21)25-9-11(19)10-2-3-12-13(6-10)24-5-4-23-12/h2-3,6H,4-5,7-9H2,1H3. The van der Waals surface area contributed by atoms with Gasteiger partial charge in [0.1, 0.15) is 26.3 Å². The quantitative estimate of drug-likeness (QED) is 0.422. The van der Waals surface area contributed by atoms with E-state index in [-0.39, 0.29) is 6.54 Å². The highest BCUT2D eigenvalue weighted by Crippen LogP contribution is 2.30. The van der Waals surface area contributed by atoms with Gasteiger partial charge in [0.05, 0.1) is 0 Å². The summed E-state index contributed by atoms with van der Waals surface area (Å²) in [6.07, 6.45) is 0. The molecule has 0 aromatic heterocycles. The van der Waals surface area contributed by atoms with Crippen molar-refractivity contribution in [3.63, 3.8) is 0 Å². The Hall–Kier alpha value is -3.10. The Bertz CT molecular complexity index is 746. The van der Waals surface area contributed by atoms with Crippen LogP contribution in [0.1, 0.15) is 10.4 Å². The first-order chi connectivity index (χ1) is 12.0. The van der Waals surface area contributed by atoms with Crippen molar-refractivity contribution in [3.05, 3.63) is 23.8 Å². The number of Topliss-reactive ketones (excluding diaryl/α,β-unsaturated/α-hetero) is 1. The molecule has 1 aromatic carbocycles. The van der Waals surface area contributed by atoms with Gasteiger partial charge in [-0.3, -0.25) is 19.3 Å². The van der Waals surface area contributed by atoms with E-state index in [4.69, 9.17) is 14.2 Å². The zero-order valence-electron chi connectivity index (χ0n) is 13.5. The summed E-state index contributed by atoms with van der Waals surface area (Å²) in [6.45, 7) is -0.254. The maximum atomic E-state index is 12.1.